The topological polar surface area (TPSA) is 89.4 Å². The lowest BCUT2D eigenvalue weighted by Crippen LogP contribution is -2.38. The minimum Gasteiger partial charge on any atom is -0.399 e. The average Bonchev–Trinajstić information content (AvgIpc) is 2.39. The Hall–Kier alpha value is -2.04. The molecule has 0 aliphatic heterocycles. The van der Waals surface area contributed by atoms with Crippen LogP contribution >= 0.6 is 0 Å². The van der Waals surface area contributed by atoms with Gasteiger partial charge in [0.05, 0.1) is 6.54 Å². The van der Waals surface area contributed by atoms with Crippen LogP contribution in [0.15, 0.2) is 24.3 Å². The predicted octanol–water partition coefficient (Wildman–Crippen LogP) is 1.52. The fourth-order valence-corrected chi connectivity index (χ4v) is 1.84. The van der Waals surface area contributed by atoms with E-state index in [4.69, 9.17) is 11.5 Å². The molecule has 1 atom stereocenters. The van der Waals surface area contributed by atoms with Crippen LogP contribution in [0.3, 0.4) is 0 Å². The van der Waals surface area contributed by atoms with Gasteiger partial charge in [-0.3, -0.25) is 9.59 Å². The molecule has 1 aromatic carbocycles. The Kier molecular flexibility index (Phi) is 6.03. The van der Waals surface area contributed by atoms with Crippen LogP contribution in [-0.2, 0) is 16.1 Å². The highest BCUT2D eigenvalue weighted by Crippen LogP contribution is 2.13. The van der Waals surface area contributed by atoms with E-state index >= 15 is 0 Å². The molecule has 0 aliphatic carbocycles. The molecule has 0 heterocycles. The molecule has 20 heavy (non-hydrogen) atoms. The number of hydrogen-bond acceptors (Lipinski definition) is 3. The monoisotopic (exact) mass is 277 g/mol. The van der Waals surface area contributed by atoms with Gasteiger partial charge in [0.25, 0.3) is 0 Å². The second kappa shape index (κ2) is 7.53. The highest BCUT2D eigenvalue weighted by Gasteiger charge is 2.18. The lowest BCUT2D eigenvalue weighted by atomic mass is 10.0. The van der Waals surface area contributed by atoms with E-state index in [1.54, 1.807) is 12.1 Å². The van der Waals surface area contributed by atoms with Crippen molar-refractivity contribution in [3.05, 3.63) is 29.8 Å². The summed E-state index contributed by atoms with van der Waals surface area (Å²) in [5.41, 5.74) is 12.4. The van der Waals surface area contributed by atoms with Gasteiger partial charge < -0.3 is 16.4 Å². The molecular formula is C15H23N3O2. The number of nitrogens with two attached hydrogens (primary N) is 2. The van der Waals surface area contributed by atoms with Crippen molar-refractivity contribution in [2.45, 2.75) is 33.2 Å². The van der Waals surface area contributed by atoms with Crippen molar-refractivity contribution in [1.29, 1.82) is 0 Å². The van der Waals surface area contributed by atoms with Crippen LogP contribution in [0.4, 0.5) is 5.69 Å². The molecular weight excluding hydrogens is 254 g/mol. The summed E-state index contributed by atoms with van der Waals surface area (Å²) in [5.74, 6) is -0.253. The number of amides is 2. The van der Waals surface area contributed by atoms with Crippen LogP contribution in [0.1, 0.15) is 32.3 Å². The standard InChI is InChI=1S/C15H23N3O2/c1-3-11(2)8-15(20)18(10-14(17)19)9-12-4-6-13(16)7-5-12/h4-7,11H,3,8-10,16H2,1-2H3,(H2,17,19). The lowest BCUT2D eigenvalue weighted by Gasteiger charge is -2.23. The number of carbonyl (C=O) groups is 2. The van der Waals surface area contributed by atoms with Crippen molar-refractivity contribution in [2.24, 2.45) is 11.7 Å². The second-order valence-electron chi connectivity index (χ2n) is 5.18. The minimum absolute atomic E-state index is 0.0463. The highest BCUT2D eigenvalue weighted by molar-refractivity contribution is 5.83. The summed E-state index contributed by atoms with van der Waals surface area (Å²) >= 11 is 0. The molecule has 0 spiro atoms. The fraction of sp³-hybridized carbons (Fsp3) is 0.467. The first-order chi connectivity index (χ1) is 9.42. The molecule has 0 fully saturated rings. The largest absolute Gasteiger partial charge is 0.399 e. The third kappa shape index (κ3) is 5.30. The zero-order valence-corrected chi connectivity index (χ0v) is 12.1. The summed E-state index contributed by atoms with van der Waals surface area (Å²) in [7, 11) is 0. The number of benzene rings is 1. The summed E-state index contributed by atoms with van der Waals surface area (Å²) in [5, 5.41) is 0. The number of primary amides is 1. The van der Waals surface area contributed by atoms with E-state index < -0.39 is 5.91 Å². The zero-order valence-electron chi connectivity index (χ0n) is 12.1. The lowest BCUT2D eigenvalue weighted by molar-refractivity contribution is -0.136. The van der Waals surface area contributed by atoms with Gasteiger partial charge >= 0.3 is 0 Å². The maximum atomic E-state index is 12.2. The molecule has 1 aromatic rings. The summed E-state index contributed by atoms with van der Waals surface area (Å²) in [4.78, 5) is 24.8. The van der Waals surface area contributed by atoms with E-state index in [1.807, 2.05) is 26.0 Å². The van der Waals surface area contributed by atoms with E-state index in [2.05, 4.69) is 0 Å². The number of carbonyl (C=O) groups excluding carboxylic acids is 2. The molecule has 1 rings (SSSR count). The number of anilines is 1. The Labute approximate surface area is 119 Å². The normalized spacial score (nSPS) is 11.9. The summed E-state index contributed by atoms with van der Waals surface area (Å²) in [6.07, 6.45) is 1.36. The van der Waals surface area contributed by atoms with Crippen LogP contribution in [0, 0.1) is 5.92 Å². The fourth-order valence-electron chi connectivity index (χ4n) is 1.84. The van der Waals surface area contributed by atoms with E-state index in [1.165, 1.54) is 4.90 Å². The maximum Gasteiger partial charge on any atom is 0.237 e. The van der Waals surface area contributed by atoms with Gasteiger partial charge in [0.2, 0.25) is 11.8 Å². The Bertz CT molecular complexity index is 457. The van der Waals surface area contributed by atoms with Gasteiger partial charge in [0.15, 0.2) is 0 Å². The van der Waals surface area contributed by atoms with Crippen LogP contribution in [-0.4, -0.2) is 23.3 Å². The zero-order chi connectivity index (χ0) is 15.1. The van der Waals surface area contributed by atoms with Crippen molar-refractivity contribution in [2.75, 3.05) is 12.3 Å². The molecule has 2 amide bonds. The van der Waals surface area contributed by atoms with Gasteiger partial charge in [-0.15, -0.1) is 0 Å². The van der Waals surface area contributed by atoms with E-state index in [-0.39, 0.29) is 12.5 Å². The smallest absolute Gasteiger partial charge is 0.237 e. The quantitative estimate of drug-likeness (QED) is 0.740. The third-order valence-electron chi connectivity index (χ3n) is 3.27. The van der Waals surface area contributed by atoms with E-state index in [0.29, 0.717) is 24.6 Å². The summed E-state index contributed by atoms with van der Waals surface area (Å²) < 4.78 is 0. The highest BCUT2D eigenvalue weighted by atomic mass is 16.2. The number of nitrogens with zero attached hydrogens (tertiary/aromatic N) is 1. The van der Waals surface area contributed by atoms with Crippen molar-refractivity contribution < 1.29 is 9.59 Å². The number of nitrogen functional groups attached to an aromatic ring is 1. The van der Waals surface area contributed by atoms with Crippen molar-refractivity contribution in [1.82, 2.24) is 4.90 Å². The van der Waals surface area contributed by atoms with Gasteiger partial charge in [-0.2, -0.15) is 0 Å². The molecule has 0 bridgehead atoms. The SMILES string of the molecule is CCC(C)CC(=O)N(CC(N)=O)Cc1ccc(N)cc1. The second-order valence-corrected chi connectivity index (χ2v) is 5.18. The van der Waals surface area contributed by atoms with Crippen molar-refractivity contribution in [3.8, 4) is 0 Å². The minimum atomic E-state index is -0.502. The van der Waals surface area contributed by atoms with Crippen molar-refractivity contribution >= 4 is 17.5 Å². The van der Waals surface area contributed by atoms with Gasteiger partial charge in [-0.05, 0) is 23.6 Å². The van der Waals surface area contributed by atoms with Crippen LogP contribution < -0.4 is 11.5 Å². The van der Waals surface area contributed by atoms with E-state index in [9.17, 15) is 9.59 Å². The van der Waals surface area contributed by atoms with Gasteiger partial charge in [-0.1, -0.05) is 32.4 Å². The molecule has 0 saturated heterocycles. The average molecular weight is 277 g/mol. The van der Waals surface area contributed by atoms with Crippen LogP contribution in [0.5, 0.6) is 0 Å². The van der Waals surface area contributed by atoms with Crippen molar-refractivity contribution in [3.63, 3.8) is 0 Å². The Morgan fingerprint density at radius 2 is 1.85 bits per heavy atom. The van der Waals surface area contributed by atoms with Gasteiger partial charge in [0, 0.05) is 18.7 Å². The predicted molar refractivity (Wildman–Crippen MR) is 79.5 cm³/mol. The first-order valence-corrected chi connectivity index (χ1v) is 6.82. The van der Waals surface area contributed by atoms with Crippen LogP contribution in [0.2, 0.25) is 0 Å². The maximum absolute atomic E-state index is 12.2. The molecule has 0 saturated carbocycles. The van der Waals surface area contributed by atoms with Gasteiger partial charge in [-0.25, -0.2) is 0 Å². The molecule has 5 heteroatoms. The summed E-state index contributed by atoms with van der Waals surface area (Å²) in [6.45, 7) is 4.37. The molecule has 1 unspecified atom stereocenters. The Balaban J connectivity index is 2.75. The van der Waals surface area contributed by atoms with Crippen LogP contribution in [0.25, 0.3) is 0 Å². The molecule has 0 aromatic heterocycles. The molecule has 110 valence electrons. The molecule has 0 aliphatic rings. The molecule has 0 radical (unpaired) electrons. The van der Waals surface area contributed by atoms with E-state index in [0.717, 1.165) is 12.0 Å². The number of rotatable bonds is 7. The first kappa shape index (κ1) is 16.0. The first-order valence-electron chi connectivity index (χ1n) is 6.82. The summed E-state index contributed by atoms with van der Waals surface area (Å²) in [6, 6.07) is 7.24. The third-order valence-corrected chi connectivity index (χ3v) is 3.27. The molecule has 5 nitrogen and oxygen atoms in total. The molecule has 4 N–H and O–H groups in total. The Morgan fingerprint density at radius 3 is 2.35 bits per heavy atom. The number of hydrogen-bond donors (Lipinski definition) is 2. The van der Waals surface area contributed by atoms with Gasteiger partial charge in [0.1, 0.15) is 0 Å². The Morgan fingerprint density at radius 1 is 1.25 bits per heavy atom.